The second-order valence-electron chi connectivity index (χ2n) is 7.79. The van der Waals surface area contributed by atoms with E-state index in [-0.39, 0.29) is 34.3 Å². The van der Waals surface area contributed by atoms with Gasteiger partial charge in [-0.05, 0) is 35.9 Å². The van der Waals surface area contributed by atoms with Crippen LogP contribution in [0.2, 0.25) is 0 Å². The summed E-state index contributed by atoms with van der Waals surface area (Å²) < 4.78 is 22.0. The van der Waals surface area contributed by atoms with Gasteiger partial charge in [-0.15, -0.1) is 0 Å². The molecule has 33 heavy (non-hydrogen) atoms. The summed E-state index contributed by atoms with van der Waals surface area (Å²) in [5, 5.41) is 10.8. The first-order valence-corrected chi connectivity index (χ1v) is 10.2. The Bertz CT molecular complexity index is 1690. The zero-order valence-electron chi connectivity index (χ0n) is 17.0. The molecule has 0 spiro atoms. The van der Waals surface area contributed by atoms with E-state index < -0.39 is 17.3 Å². The maximum absolute atomic E-state index is 15.0. The number of pyridine rings is 2. The van der Waals surface area contributed by atoms with E-state index in [0.29, 0.717) is 23.1 Å². The molecule has 0 aliphatic carbocycles. The third-order valence-electron chi connectivity index (χ3n) is 5.87. The number of nitrogens with one attached hydrogen (secondary N) is 1. The van der Waals surface area contributed by atoms with Gasteiger partial charge in [-0.1, -0.05) is 0 Å². The van der Waals surface area contributed by atoms with Crippen LogP contribution in [0.5, 0.6) is 0 Å². The molecule has 162 valence electrons. The standard InChI is InChI=1S/C24H15FN4O4/c25-16-9-17-19(21-14(16)4-7-33-21)18(15-2-1-5-27-23(15)30)20(24(31)32)29(17)11-12-8-13-3-6-26-22(13)28-10-12/h1-2,4-10H,3,11H2,(H,27,30)(H,31,32). The first kappa shape index (κ1) is 19.2. The van der Waals surface area contributed by atoms with Crippen molar-refractivity contribution in [1.29, 1.82) is 0 Å². The van der Waals surface area contributed by atoms with Crippen LogP contribution < -0.4 is 5.56 Å². The van der Waals surface area contributed by atoms with Gasteiger partial charge >= 0.3 is 5.97 Å². The number of benzene rings is 1. The predicted octanol–water partition coefficient (Wildman–Crippen LogP) is 4.28. The fourth-order valence-corrected chi connectivity index (χ4v) is 4.49. The van der Waals surface area contributed by atoms with Gasteiger partial charge in [0, 0.05) is 42.7 Å². The van der Waals surface area contributed by atoms with E-state index in [1.807, 2.05) is 6.07 Å². The van der Waals surface area contributed by atoms with Crippen molar-refractivity contribution in [2.24, 2.45) is 4.99 Å². The highest BCUT2D eigenvalue weighted by Crippen LogP contribution is 2.40. The zero-order chi connectivity index (χ0) is 22.7. The van der Waals surface area contributed by atoms with Crippen LogP contribution in [-0.2, 0) is 13.0 Å². The Morgan fingerprint density at radius 1 is 1.30 bits per heavy atom. The van der Waals surface area contributed by atoms with Crippen molar-refractivity contribution in [2.75, 3.05) is 0 Å². The molecule has 0 saturated heterocycles. The predicted molar refractivity (Wildman–Crippen MR) is 120 cm³/mol. The molecule has 0 radical (unpaired) electrons. The van der Waals surface area contributed by atoms with Gasteiger partial charge in [-0.3, -0.25) is 4.79 Å². The van der Waals surface area contributed by atoms with Crippen molar-refractivity contribution in [3.8, 4) is 11.1 Å². The van der Waals surface area contributed by atoms with E-state index in [9.17, 15) is 19.1 Å². The third-order valence-corrected chi connectivity index (χ3v) is 5.87. The lowest BCUT2D eigenvalue weighted by Crippen LogP contribution is -2.13. The number of fused-ring (bicyclic) bond motifs is 4. The number of nitrogens with zero attached hydrogens (tertiary/aromatic N) is 3. The molecule has 5 aromatic rings. The molecule has 2 N–H and O–H groups in total. The van der Waals surface area contributed by atoms with Gasteiger partial charge in [0.1, 0.15) is 17.1 Å². The molecule has 1 aromatic carbocycles. The van der Waals surface area contributed by atoms with Gasteiger partial charge in [0.05, 0.1) is 28.1 Å². The Labute approximate surface area is 184 Å². The largest absolute Gasteiger partial charge is 0.477 e. The first-order chi connectivity index (χ1) is 16.0. The second-order valence-corrected chi connectivity index (χ2v) is 7.79. The van der Waals surface area contributed by atoms with Crippen LogP contribution in [0.25, 0.3) is 33.0 Å². The van der Waals surface area contributed by atoms with Gasteiger partial charge in [0.25, 0.3) is 5.56 Å². The van der Waals surface area contributed by atoms with Crippen LogP contribution >= 0.6 is 0 Å². The van der Waals surface area contributed by atoms with E-state index in [1.54, 1.807) is 18.5 Å². The molecule has 1 aliphatic heterocycles. The molecular weight excluding hydrogens is 427 g/mol. The molecule has 5 heterocycles. The van der Waals surface area contributed by atoms with Crippen LogP contribution in [0.15, 0.2) is 63.2 Å². The van der Waals surface area contributed by atoms with E-state index in [4.69, 9.17) is 4.42 Å². The molecule has 1 aliphatic rings. The van der Waals surface area contributed by atoms with E-state index >= 15 is 0 Å². The summed E-state index contributed by atoms with van der Waals surface area (Å²) in [5.74, 6) is -1.16. The number of hydrogen-bond donors (Lipinski definition) is 2. The zero-order valence-corrected chi connectivity index (χ0v) is 17.0. The monoisotopic (exact) mass is 442 g/mol. The number of carboxylic acid groups (broad SMARTS) is 1. The average Bonchev–Trinajstić information content (AvgIpc) is 3.52. The lowest BCUT2D eigenvalue weighted by atomic mass is 10.0. The van der Waals surface area contributed by atoms with Crippen LogP contribution in [0.3, 0.4) is 0 Å². The molecule has 0 amide bonds. The molecule has 0 fully saturated rings. The fraction of sp³-hybridized carbons (Fsp3) is 0.0833. The molecule has 6 rings (SSSR count). The fourth-order valence-electron chi connectivity index (χ4n) is 4.49. The van der Waals surface area contributed by atoms with Gasteiger partial charge < -0.3 is 19.1 Å². The van der Waals surface area contributed by atoms with Crippen molar-refractivity contribution < 1.29 is 18.7 Å². The normalized spacial score (nSPS) is 12.6. The second kappa shape index (κ2) is 6.99. The number of carboxylic acids is 1. The van der Waals surface area contributed by atoms with Crippen molar-refractivity contribution in [3.63, 3.8) is 0 Å². The summed E-state index contributed by atoms with van der Waals surface area (Å²) in [6.45, 7) is 0.106. The van der Waals surface area contributed by atoms with Gasteiger partial charge in [-0.25, -0.2) is 19.2 Å². The Morgan fingerprint density at radius 2 is 2.18 bits per heavy atom. The van der Waals surface area contributed by atoms with Crippen LogP contribution in [0, 0.1) is 5.82 Å². The molecule has 4 aromatic heterocycles. The Kier molecular flexibility index (Phi) is 4.06. The van der Waals surface area contributed by atoms with Gasteiger partial charge in [0.2, 0.25) is 0 Å². The van der Waals surface area contributed by atoms with Crippen molar-refractivity contribution in [3.05, 3.63) is 82.0 Å². The van der Waals surface area contributed by atoms with Crippen molar-refractivity contribution >= 4 is 39.9 Å². The first-order valence-electron chi connectivity index (χ1n) is 10.2. The highest BCUT2D eigenvalue weighted by atomic mass is 19.1. The highest BCUT2D eigenvalue weighted by molar-refractivity contribution is 6.17. The summed E-state index contributed by atoms with van der Waals surface area (Å²) in [4.78, 5) is 36.4. The van der Waals surface area contributed by atoms with Crippen LogP contribution in [0.1, 0.15) is 21.6 Å². The maximum Gasteiger partial charge on any atom is 0.353 e. The highest BCUT2D eigenvalue weighted by Gasteiger charge is 2.29. The van der Waals surface area contributed by atoms with Crippen molar-refractivity contribution in [2.45, 2.75) is 13.0 Å². The number of rotatable bonds is 4. The molecular formula is C24H15FN4O4. The van der Waals surface area contributed by atoms with E-state index in [2.05, 4.69) is 15.0 Å². The summed E-state index contributed by atoms with van der Waals surface area (Å²) in [6, 6.07) is 7.81. The summed E-state index contributed by atoms with van der Waals surface area (Å²) >= 11 is 0. The van der Waals surface area contributed by atoms with Crippen LogP contribution in [-0.4, -0.2) is 31.8 Å². The number of aromatic nitrogens is 3. The number of carbonyl (C=O) groups is 1. The summed E-state index contributed by atoms with van der Waals surface area (Å²) in [6.07, 6.45) is 6.83. The number of halogens is 1. The lowest BCUT2D eigenvalue weighted by molar-refractivity contribution is 0.0687. The number of aliphatic imine (C=N–C) groups is 1. The smallest absolute Gasteiger partial charge is 0.353 e. The minimum absolute atomic E-state index is 0.106. The minimum atomic E-state index is -1.25. The number of H-pyrrole nitrogens is 1. The molecule has 9 heteroatoms. The average molecular weight is 442 g/mol. The number of furan rings is 1. The number of hydrogen-bond acceptors (Lipinski definition) is 5. The topological polar surface area (TPSA) is 113 Å². The minimum Gasteiger partial charge on any atom is -0.477 e. The summed E-state index contributed by atoms with van der Waals surface area (Å²) in [7, 11) is 0. The molecule has 0 saturated carbocycles. The van der Waals surface area contributed by atoms with E-state index in [1.165, 1.54) is 35.2 Å². The quantitative estimate of drug-likeness (QED) is 0.431. The maximum atomic E-state index is 15.0. The van der Waals surface area contributed by atoms with Crippen LogP contribution in [0.4, 0.5) is 10.2 Å². The molecule has 0 bridgehead atoms. The Morgan fingerprint density at radius 3 is 3.00 bits per heavy atom. The Balaban J connectivity index is 1.71. The van der Waals surface area contributed by atoms with Crippen molar-refractivity contribution in [1.82, 2.24) is 14.5 Å². The summed E-state index contributed by atoms with van der Waals surface area (Å²) in [5.41, 5.74) is 1.89. The Hall–Kier alpha value is -4.53. The molecule has 0 atom stereocenters. The molecule has 8 nitrogen and oxygen atoms in total. The van der Waals surface area contributed by atoms with E-state index in [0.717, 1.165) is 11.1 Å². The van der Waals surface area contributed by atoms with Gasteiger partial charge in [0.15, 0.2) is 5.82 Å². The SMILES string of the molecule is O=C(O)c1c(-c2ccc[nH]c2=O)c2c3occc3c(F)cc2n1Cc1cnc2c(c1)CC=N2. The third kappa shape index (κ3) is 2.82. The van der Waals surface area contributed by atoms with Gasteiger partial charge in [-0.2, -0.15) is 0 Å². The lowest BCUT2D eigenvalue weighted by Gasteiger charge is -2.10. The number of aromatic amines is 1. The number of aromatic carboxylic acids is 1. The molecule has 0 unspecified atom stereocenters.